The van der Waals surface area contributed by atoms with Crippen LogP contribution in [0.15, 0.2) is 18.2 Å². The number of amides is 1. The van der Waals surface area contributed by atoms with Gasteiger partial charge in [0.2, 0.25) is 0 Å². The molecule has 0 aliphatic heterocycles. The van der Waals surface area contributed by atoms with Crippen molar-refractivity contribution in [3.63, 3.8) is 0 Å². The second-order valence-corrected chi connectivity index (χ2v) is 5.33. The van der Waals surface area contributed by atoms with E-state index in [-0.39, 0.29) is 12.0 Å². The molecule has 1 unspecified atom stereocenters. The second kappa shape index (κ2) is 6.45. The summed E-state index contributed by atoms with van der Waals surface area (Å²) in [5.74, 6) is -1.24. The van der Waals surface area contributed by atoms with E-state index in [1.807, 2.05) is 0 Å². The Hall–Kier alpha value is -1.98. The van der Waals surface area contributed by atoms with Gasteiger partial charge >= 0.3 is 6.09 Å². The number of ether oxygens (including phenoxy) is 1. The number of halogens is 2. The third-order valence-electron chi connectivity index (χ3n) is 2.31. The summed E-state index contributed by atoms with van der Waals surface area (Å²) in [6.07, 6.45) is -0.480. The summed E-state index contributed by atoms with van der Waals surface area (Å²) < 4.78 is 31.5. The van der Waals surface area contributed by atoms with Crippen LogP contribution < -0.4 is 5.32 Å². The Balaban J connectivity index is 2.70. The molecule has 1 N–H and O–H groups in total. The van der Waals surface area contributed by atoms with Crippen LogP contribution in [0.4, 0.5) is 13.6 Å². The number of aldehydes is 1. The van der Waals surface area contributed by atoms with Gasteiger partial charge in [-0.3, -0.25) is 0 Å². The first-order chi connectivity index (χ1) is 9.21. The van der Waals surface area contributed by atoms with Gasteiger partial charge in [-0.1, -0.05) is 0 Å². The quantitative estimate of drug-likeness (QED) is 0.865. The van der Waals surface area contributed by atoms with Crippen molar-refractivity contribution in [1.82, 2.24) is 5.32 Å². The van der Waals surface area contributed by atoms with Gasteiger partial charge in [0.25, 0.3) is 0 Å². The Morgan fingerprint density at radius 3 is 2.60 bits per heavy atom. The van der Waals surface area contributed by atoms with Crippen LogP contribution in [0.5, 0.6) is 0 Å². The Morgan fingerprint density at radius 2 is 2.05 bits per heavy atom. The molecule has 6 heteroatoms. The van der Waals surface area contributed by atoms with Crippen molar-refractivity contribution in [1.29, 1.82) is 0 Å². The molecule has 1 aromatic carbocycles. The van der Waals surface area contributed by atoms with Crippen molar-refractivity contribution in [2.45, 2.75) is 38.8 Å². The standard InChI is InChI=1S/C14H17F2NO3/c1-14(2,3)20-13(19)17-11(8-18)7-9-6-10(15)4-5-12(9)16/h4-6,8,11H,7H2,1-3H3,(H,17,19). The van der Waals surface area contributed by atoms with Crippen LogP contribution >= 0.6 is 0 Å². The molecule has 1 amide bonds. The number of carbonyl (C=O) groups is 2. The fourth-order valence-corrected chi connectivity index (χ4v) is 1.53. The minimum absolute atomic E-state index is 0.0122. The second-order valence-electron chi connectivity index (χ2n) is 5.33. The van der Waals surface area contributed by atoms with Crippen molar-refractivity contribution >= 4 is 12.4 Å². The highest BCUT2D eigenvalue weighted by molar-refractivity contribution is 5.73. The molecule has 0 saturated carbocycles. The van der Waals surface area contributed by atoms with Crippen LogP contribution in [-0.4, -0.2) is 24.0 Å². The molecule has 1 atom stereocenters. The number of carbonyl (C=O) groups excluding carboxylic acids is 2. The Bertz CT molecular complexity index is 498. The molecule has 0 bridgehead atoms. The summed E-state index contributed by atoms with van der Waals surface area (Å²) in [5.41, 5.74) is -0.695. The van der Waals surface area contributed by atoms with E-state index in [2.05, 4.69) is 5.32 Å². The zero-order chi connectivity index (χ0) is 15.3. The molecule has 110 valence electrons. The van der Waals surface area contributed by atoms with E-state index in [4.69, 9.17) is 4.74 Å². The van der Waals surface area contributed by atoms with Crippen LogP contribution in [-0.2, 0) is 16.0 Å². The fraction of sp³-hybridized carbons (Fsp3) is 0.429. The smallest absolute Gasteiger partial charge is 0.408 e. The maximum absolute atomic E-state index is 13.4. The van der Waals surface area contributed by atoms with Crippen LogP contribution in [0.3, 0.4) is 0 Å². The number of nitrogens with one attached hydrogen (secondary N) is 1. The van der Waals surface area contributed by atoms with Gasteiger partial charge in [0.1, 0.15) is 23.5 Å². The van der Waals surface area contributed by atoms with E-state index in [0.29, 0.717) is 6.29 Å². The zero-order valence-corrected chi connectivity index (χ0v) is 11.6. The minimum atomic E-state index is -0.985. The Labute approximate surface area is 116 Å². The molecule has 1 rings (SSSR count). The highest BCUT2D eigenvalue weighted by Crippen LogP contribution is 2.12. The monoisotopic (exact) mass is 285 g/mol. The normalized spacial score (nSPS) is 12.7. The van der Waals surface area contributed by atoms with Crippen molar-refractivity contribution in [2.75, 3.05) is 0 Å². The third kappa shape index (κ3) is 5.34. The van der Waals surface area contributed by atoms with Gasteiger partial charge in [0.05, 0.1) is 6.04 Å². The maximum atomic E-state index is 13.4. The van der Waals surface area contributed by atoms with Crippen molar-refractivity contribution < 1.29 is 23.1 Å². The Morgan fingerprint density at radius 1 is 1.40 bits per heavy atom. The van der Waals surface area contributed by atoms with Crippen molar-refractivity contribution in [3.8, 4) is 0 Å². The lowest BCUT2D eigenvalue weighted by atomic mass is 10.1. The van der Waals surface area contributed by atoms with E-state index >= 15 is 0 Å². The predicted molar refractivity (Wildman–Crippen MR) is 69.3 cm³/mol. The van der Waals surface area contributed by atoms with Gasteiger partial charge in [-0.15, -0.1) is 0 Å². The van der Waals surface area contributed by atoms with Gasteiger partial charge < -0.3 is 14.8 Å². The largest absolute Gasteiger partial charge is 0.444 e. The average molecular weight is 285 g/mol. The molecule has 0 aromatic heterocycles. The van der Waals surface area contributed by atoms with E-state index in [1.165, 1.54) is 0 Å². The lowest BCUT2D eigenvalue weighted by Gasteiger charge is -2.21. The number of hydrogen-bond donors (Lipinski definition) is 1. The summed E-state index contributed by atoms with van der Waals surface area (Å²) in [5, 5.41) is 2.30. The van der Waals surface area contributed by atoms with E-state index in [9.17, 15) is 18.4 Å². The highest BCUT2D eigenvalue weighted by atomic mass is 19.1. The summed E-state index contributed by atoms with van der Waals surface area (Å²) in [7, 11) is 0. The Kier molecular flexibility index (Phi) is 5.19. The van der Waals surface area contributed by atoms with Gasteiger partial charge in [-0.2, -0.15) is 0 Å². The summed E-state index contributed by atoms with van der Waals surface area (Å²) in [6, 6.07) is 1.96. The molecule has 0 heterocycles. The molecule has 0 saturated heterocycles. The van der Waals surface area contributed by atoms with Crippen molar-refractivity contribution in [3.05, 3.63) is 35.4 Å². The molecule has 20 heavy (non-hydrogen) atoms. The first-order valence-electron chi connectivity index (χ1n) is 6.10. The number of benzene rings is 1. The maximum Gasteiger partial charge on any atom is 0.408 e. The molecule has 0 fully saturated rings. The van der Waals surface area contributed by atoms with Crippen molar-refractivity contribution in [2.24, 2.45) is 0 Å². The van der Waals surface area contributed by atoms with Crippen LogP contribution in [0, 0.1) is 11.6 Å². The van der Waals surface area contributed by atoms with Gasteiger partial charge in [-0.25, -0.2) is 13.6 Å². The SMILES string of the molecule is CC(C)(C)OC(=O)NC(C=O)Cc1cc(F)ccc1F. The molecule has 4 nitrogen and oxygen atoms in total. The summed E-state index contributed by atoms with van der Waals surface area (Å²) >= 11 is 0. The summed E-state index contributed by atoms with van der Waals surface area (Å²) in [6.45, 7) is 5.03. The van der Waals surface area contributed by atoms with Gasteiger partial charge in [0, 0.05) is 6.42 Å². The topological polar surface area (TPSA) is 55.4 Å². The fourth-order valence-electron chi connectivity index (χ4n) is 1.53. The van der Waals surface area contributed by atoms with Gasteiger partial charge in [0.15, 0.2) is 0 Å². The predicted octanol–water partition coefficient (Wildman–Crippen LogP) is 2.60. The van der Waals surface area contributed by atoms with Crippen LogP contribution in [0.25, 0.3) is 0 Å². The van der Waals surface area contributed by atoms with Gasteiger partial charge in [-0.05, 0) is 44.5 Å². The lowest BCUT2D eigenvalue weighted by Crippen LogP contribution is -2.41. The molecular weight excluding hydrogens is 268 g/mol. The lowest BCUT2D eigenvalue weighted by molar-refractivity contribution is -0.109. The first-order valence-corrected chi connectivity index (χ1v) is 6.10. The number of alkyl carbamates (subject to hydrolysis) is 1. The van der Waals surface area contributed by atoms with Crippen LogP contribution in [0.1, 0.15) is 26.3 Å². The molecule has 0 aliphatic carbocycles. The molecular formula is C14H17F2NO3. The molecule has 0 spiro atoms. The zero-order valence-electron chi connectivity index (χ0n) is 11.6. The first kappa shape index (κ1) is 16.1. The summed E-state index contributed by atoms with van der Waals surface area (Å²) in [4.78, 5) is 22.4. The average Bonchev–Trinajstić information content (AvgIpc) is 2.30. The number of rotatable bonds is 4. The highest BCUT2D eigenvalue weighted by Gasteiger charge is 2.20. The number of hydrogen-bond acceptors (Lipinski definition) is 3. The third-order valence-corrected chi connectivity index (χ3v) is 2.31. The van der Waals surface area contributed by atoms with E-state index in [1.54, 1.807) is 20.8 Å². The molecule has 0 aliphatic rings. The minimum Gasteiger partial charge on any atom is -0.444 e. The van der Waals surface area contributed by atoms with E-state index < -0.39 is 29.4 Å². The molecule has 1 aromatic rings. The van der Waals surface area contributed by atoms with Crippen LogP contribution in [0.2, 0.25) is 0 Å². The molecule has 0 radical (unpaired) electrons. The van der Waals surface area contributed by atoms with E-state index in [0.717, 1.165) is 18.2 Å².